The van der Waals surface area contributed by atoms with Crippen molar-refractivity contribution in [2.75, 3.05) is 6.61 Å². The molecule has 1 atom stereocenters. The van der Waals surface area contributed by atoms with Gasteiger partial charge in [0.1, 0.15) is 6.29 Å². The van der Waals surface area contributed by atoms with Gasteiger partial charge < -0.3 is 5.11 Å². The summed E-state index contributed by atoms with van der Waals surface area (Å²) < 4.78 is 0. The van der Waals surface area contributed by atoms with Crippen LogP contribution in [0.4, 0.5) is 0 Å². The first kappa shape index (κ1) is 8.47. The Morgan fingerprint density at radius 1 is 1.73 bits per heavy atom. The van der Waals surface area contributed by atoms with E-state index in [1.807, 2.05) is 6.08 Å². The van der Waals surface area contributed by atoms with Gasteiger partial charge in [-0.3, -0.25) is 4.79 Å². The molecule has 0 bridgehead atoms. The average Bonchev–Trinajstić information content (AvgIpc) is 2.06. The molecule has 0 aromatic rings. The third kappa shape index (κ3) is 2.46. The topological polar surface area (TPSA) is 37.3 Å². The van der Waals surface area contributed by atoms with E-state index >= 15 is 0 Å². The van der Waals surface area contributed by atoms with Gasteiger partial charge in [0.2, 0.25) is 0 Å². The van der Waals surface area contributed by atoms with Crippen LogP contribution in [-0.2, 0) is 4.79 Å². The molecule has 0 aliphatic heterocycles. The van der Waals surface area contributed by atoms with E-state index in [1.165, 1.54) is 0 Å². The molecule has 0 aromatic heterocycles. The second-order valence-electron chi connectivity index (χ2n) is 3.06. The first-order valence-electron chi connectivity index (χ1n) is 4.12. The molecule has 2 nitrogen and oxygen atoms in total. The maximum atomic E-state index is 10.4. The first-order chi connectivity index (χ1) is 5.36. The summed E-state index contributed by atoms with van der Waals surface area (Å²) in [7, 11) is 0. The lowest BCUT2D eigenvalue weighted by molar-refractivity contribution is -0.105. The van der Waals surface area contributed by atoms with Gasteiger partial charge in [-0.2, -0.15) is 0 Å². The van der Waals surface area contributed by atoms with E-state index in [4.69, 9.17) is 5.11 Å². The fourth-order valence-electron chi connectivity index (χ4n) is 1.55. The summed E-state index contributed by atoms with van der Waals surface area (Å²) in [5.41, 5.74) is 0.912. The highest BCUT2D eigenvalue weighted by Gasteiger charge is 2.13. The zero-order valence-electron chi connectivity index (χ0n) is 6.62. The highest BCUT2D eigenvalue weighted by atomic mass is 16.3. The Morgan fingerprint density at radius 3 is 3.18 bits per heavy atom. The summed E-state index contributed by atoms with van der Waals surface area (Å²) in [4.78, 5) is 10.4. The molecule has 0 spiro atoms. The molecule has 0 heterocycles. The molecule has 0 amide bonds. The minimum atomic E-state index is 0.247. The van der Waals surface area contributed by atoms with Gasteiger partial charge in [-0.1, -0.05) is 6.08 Å². The molecular weight excluding hydrogens is 140 g/mol. The van der Waals surface area contributed by atoms with Crippen molar-refractivity contribution in [2.24, 2.45) is 5.92 Å². The molecule has 62 valence electrons. The van der Waals surface area contributed by atoms with Crippen LogP contribution in [0.15, 0.2) is 11.6 Å². The number of carbonyl (C=O) groups is 1. The van der Waals surface area contributed by atoms with Crippen LogP contribution in [0.2, 0.25) is 0 Å². The molecule has 0 fully saturated rings. The number of carbonyl (C=O) groups excluding carboxylic acids is 1. The Bertz CT molecular complexity index is 161. The van der Waals surface area contributed by atoms with E-state index in [0.717, 1.165) is 37.5 Å². The standard InChI is InChI=1S/C9H14O2/c10-5-4-8-2-1-3-9(6-8)7-11/h3,7-8,10H,1-2,4-6H2. The van der Waals surface area contributed by atoms with Crippen LogP contribution in [0.1, 0.15) is 25.7 Å². The molecule has 1 unspecified atom stereocenters. The summed E-state index contributed by atoms with van der Waals surface area (Å²) in [6.07, 6.45) is 6.76. The Labute approximate surface area is 66.9 Å². The minimum Gasteiger partial charge on any atom is -0.396 e. The van der Waals surface area contributed by atoms with Gasteiger partial charge in [0.05, 0.1) is 0 Å². The van der Waals surface area contributed by atoms with E-state index in [2.05, 4.69) is 0 Å². The summed E-state index contributed by atoms with van der Waals surface area (Å²) in [5.74, 6) is 0.533. The fraction of sp³-hybridized carbons (Fsp3) is 0.667. The number of allylic oxidation sites excluding steroid dienone is 2. The van der Waals surface area contributed by atoms with Crippen LogP contribution in [-0.4, -0.2) is 18.0 Å². The van der Waals surface area contributed by atoms with E-state index in [1.54, 1.807) is 0 Å². The third-order valence-corrected chi connectivity index (χ3v) is 2.19. The zero-order chi connectivity index (χ0) is 8.10. The van der Waals surface area contributed by atoms with Crippen molar-refractivity contribution in [2.45, 2.75) is 25.7 Å². The van der Waals surface area contributed by atoms with Gasteiger partial charge in [-0.15, -0.1) is 0 Å². The average molecular weight is 154 g/mol. The molecular formula is C9H14O2. The molecule has 1 aliphatic rings. The van der Waals surface area contributed by atoms with Gasteiger partial charge in [0.15, 0.2) is 0 Å². The molecule has 0 aromatic carbocycles. The smallest absolute Gasteiger partial charge is 0.145 e. The molecule has 0 saturated heterocycles. The normalized spacial score (nSPS) is 24.5. The van der Waals surface area contributed by atoms with Crippen LogP contribution in [0, 0.1) is 5.92 Å². The zero-order valence-corrected chi connectivity index (χ0v) is 6.62. The van der Waals surface area contributed by atoms with Crippen molar-refractivity contribution in [1.29, 1.82) is 0 Å². The van der Waals surface area contributed by atoms with Crippen LogP contribution in [0.25, 0.3) is 0 Å². The molecule has 1 aliphatic carbocycles. The number of aliphatic hydroxyl groups excluding tert-OH is 1. The van der Waals surface area contributed by atoms with Crippen molar-refractivity contribution in [3.8, 4) is 0 Å². The second-order valence-corrected chi connectivity index (χ2v) is 3.06. The third-order valence-electron chi connectivity index (χ3n) is 2.19. The number of aliphatic hydroxyl groups is 1. The van der Waals surface area contributed by atoms with Crippen molar-refractivity contribution in [1.82, 2.24) is 0 Å². The van der Waals surface area contributed by atoms with Crippen LogP contribution in [0.3, 0.4) is 0 Å². The highest BCUT2D eigenvalue weighted by Crippen LogP contribution is 2.24. The Morgan fingerprint density at radius 2 is 2.55 bits per heavy atom. The SMILES string of the molecule is O=CC1=CCCC(CCO)C1. The Kier molecular flexibility index (Phi) is 3.30. The van der Waals surface area contributed by atoms with Gasteiger partial charge in [-0.05, 0) is 37.2 Å². The molecule has 1 N–H and O–H groups in total. The molecule has 1 rings (SSSR count). The van der Waals surface area contributed by atoms with Crippen LogP contribution >= 0.6 is 0 Å². The van der Waals surface area contributed by atoms with Gasteiger partial charge in [-0.25, -0.2) is 0 Å². The summed E-state index contributed by atoms with van der Waals surface area (Å²) in [6, 6.07) is 0. The van der Waals surface area contributed by atoms with Gasteiger partial charge in [0.25, 0.3) is 0 Å². The Balaban J connectivity index is 2.39. The monoisotopic (exact) mass is 154 g/mol. The van der Waals surface area contributed by atoms with E-state index in [9.17, 15) is 4.79 Å². The highest BCUT2D eigenvalue weighted by molar-refractivity contribution is 5.73. The fourth-order valence-corrected chi connectivity index (χ4v) is 1.55. The van der Waals surface area contributed by atoms with E-state index in [-0.39, 0.29) is 6.61 Å². The maximum absolute atomic E-state index is 10.4. The Hall–Kier alpha value is -0.630. The molecule has 2 heteroatoms. The lowest BCUT2D eigenvalue weighted by atomic mass is 9.87. The molecule has 11 heavy (non-hydrogen) atoms. The van der Waals surface area contributed by atoms with Crippen LogP contribution in [0.5, 0.6) is 0 Å². The lowest BCUT2D eigenvalue weighted by Gasteiger charge is -2.18. The molecule has 0 saturated carbocycles. The predicted molar refractivity (Wildman–Crippen MR) is 43.2 cm³/mol. The van der Waals surface area contributed by atoms with Crippen molar-refractivity contribution < 1.29 is 9.90 Å². The van der Waals surface area contributed by atoms with Crippen molar-refractivity contribution in [3.05, 3.63) is 11.6 Å². The summed E-state index contributed by atoms with van der Waals surface area (Å²) >= 11 is 0. The van der Waals surface area contributed by atoms with Gasteiger partial charge in [0, 0.05) is 6.61 Å². The quantitative estimate of drug-likeness (QED) is 0.622. The lowest BCUT2D eigenvalue weighted by Crippen LogP contribution is -2.08. The van der Waals surface area contributed by atoms with Crippen LogP contribution < -0.4 is 0 Å². The largest absolute Gasteiger partial charge is 0.396 e. The second kappa shape index (κ2) is 4.29. The molecule has 0 radical (unpaired) electrons. The van der Waals surface area contributed by atoms with Gasteiger partial charge >= 0.3 is 0 Å². The number of hydrogen-bond acceptors (Lipinski definition) is 2. The minimum absolute atomic E-state index is 0.247. The number of aldehydes is 1. The maximum Gasteiger partial charge on any atom is 0.145 e. The number of rotatable bonds is 3. The van der Waals surface area contributed by atoms with E-state index < -0.39 is 0 Å². The van der Waals surface area contributed by atoms with E-state index in [0.29, 0.717) is 5.92 Å². The summed E-state index contributed by atoms with van der Waals surface area (Å²) in [6.45, 7) is 0.247. The number of hydrogen-bond donors (Lipinski definition) is 1. The summed E-state index contributed by atoms with van der Waals surface area (Å²) in [5, 5.41) is 8.67. The predicted octanol–water partition coefficient (Wildman–Crippen LogP) is 1.29. The first-order valence-corrected chi connectivity index (χ1v) is 4.12. The van der Waals surface area contributed by atoms with Crippen molar-refractivity contribution >= 4 is 6.29 Å². The van der Waals surface area contributed by atoms with Crippen molar-refractivity contribution in [3.63, 3.8) is 0 Å².